The minimum atomic E-state index is 0.127. The Kier molecular flexibility index (Phi) is 6.27. The first kappa shape index (κ1) is 17.4. The van der Waals surface area contributed by atoms with Crippen LogP contribution >= 0.6 is 0 Å². The van der Waals surface area contributed by atoms with E-state index in [0.29, 0.717) is 18.5 Å². The zero-order valence-corrected chi connectivity index (χ0v) is 14.9. The second kappa shape index (κ2) is 8.63. The van der Waals surface area contributed by atoms with Gasteiger partial charge in [-0.1, -0.05) is 37.5 Å². The number of anilines is 1. The molecule has 132 valence electrons. The van der Waals surface area contributed by atoms with Gasteiger partial charge in [-0.05, 0) is 50.9 Å². The molecule has 1 aromatic rings. The molecular weight excluding hydrogens is 298 g/mol. The van der Waals surface area contributed by atoms with Crippen LogP contribution in [0, 0.1) is 0 Å². The van der Waals surface area contributed by atoms with E-state index in [4.69, 9.17) is 0 Å². The molecule has 3 rings (SSSR count). The molecular formula is C20H31N3O. The standard InChI is InChI=1S/C20H31N3O/c1-23(18-10-3-2-4-11-18)15-16-8-5-6-12-19(16)22-20(24)14-17-9-7-13-21-17/h5-6,8,12,17-18,21H,2-4,7,9-11,13-15H2,1H3,(H,22,24). The molecule has 2 aliphatic rings. The summed E-state index contributed by atoms with van der Waals surface area (Å²) in [4.78, 5) is 14.8. The van der Waals surface area contributed by atoms with Crippen LogP contribution in [-0.4, -0.2) is 36.5 Å². The maximum Gasteiger partial charge on any atom is 0.225 e. The van der Waals surface area contributed by atoms with E-state index in [0.717, 1.165) is 25.2 Å². The Hall–Kier alpha value is -1.39. The number of carbonyl (C=O) groups excluding carboxylic acids is 1. The average molecular weight is 329 g/mol. The fourth-order valence-corrected chi connectivity index (χ4v) is 4.06. The van der Waals surface area contributed by atoms with Crippen LogP contribution in [0.1, 0.15) is 56.9 Å². The maximum absolute atomic E-state index is 12.3. The van der Waals surface area contributed by atoms with Crippen LogP contribution in [0.25, 0.3) is 0 Å². The zero-order chi connectivity index (χ0) is 16.8. The quantitative estimate of drug-likeness (QED) is 0.839. The second-order valence-corrected chi connectivity index (χ2v) is 7.41. The lowest BCUT2D eigenvalue weighted by Crippen LogP contribution is -2.33. The Morgan fingerprint density at radius 2 is 1.96 bits per heavy atom. The molecule has 2 N–H and O–H groups in total. The Labute approximate surface area is 146 Å². The topological polar surface area (TPSA) is 44.4 Å². The van der Waals surface area contributed by atoms with E-state index in [2.05, 4.69) is 34.7 Å². The molecule has 1 unspecified atom stereocenters. The van der Waals surface area contributed by atoms with Crippen LogP contribution < -0.4 is 10.6 Å². The summed E-state index contributed by atoms with van der Waals surface area (Å²) in [6, 6.07) is 9.28. The van der Waals surface area contributed by atoms with Crippen molar-refractivity contribution in [2.24, 2.45) is 0 Å². The van der Waals surface area contributed by atoms with Gasteiger partial charge in [0.05, 0.1) is 0 Å². The summed E-state index contributed by atoms with van der Waals surface area (Å²) in [5, 5.41) is 6.53. The maximum atomic E-state index is 12.3. The van der Waals surface area contributed by atoms with Crippen molar-refractivity contribution < 1.29 is 4.79 Å². The number of benzene rings is 1. The lowest BCUT2D eigenvalue weighted by Gasteiger charge is -2.31. The molecule has 4 heteroatoms. The molecule has 0 bridgehead atoms. The van der Waals surface area contributed by atoms with Crippen molar-refractivity contribution in [1.29, 1.82) is 0 Å². The van der Waals surface area contributed by atoms with Crippen LogP contribution in [0.2, 0.25) is 0 Å². The summed E-state index contributed by atoms with van der Waals surface area (Å²) in [5.74, 6) is 0.127. The zero-order valence-electron chi connectivity index (χ0n) is 14.9. The first-order valence-corrected chi connectivity index (χ1v) is 9.54. The molecule has 24 heavy (non-hydrogen) atoms. The Morgan fingerprint density at radius 1 is 1.17 bits per heavy atom. The van der Waals surface area contributed by atoms with Gasteiger partial charge in [-0.3, -0.25) is 9.69 Å². The van der Waals surface area contributed by atoms with E-state index < -0.39 is 0 Å². The average Bonchev–Trinajstić information content (AvgIpc) is 3.10. The highest BCUT2D eigenvalue weighted by molar-refractivity contribution is 5.91. The number of nitrogens with one attached hydrogen (secondary N) is 2. The van der Waals surface area contributed by atoms with E-state index in [9.17, 15) is 4.79 Å². The first-order valence-electron chi connectivity index (χ1n) is 9.54. The van der Waals surface area contributed by atoms with Gasteiger partial charge in [0.15, 0.2) is 0 Å². The predicted molar refractivity (Wildman–Crippen MR) is 99.1 cm³/mol. The Balaban J connectivity index is 1.58. The molecule has 0 aromatic heterocycles. The Bertz CT molecular complexity index is 533. The summed E-state index contributed by atoms with van der Waals surface area (Å²) >= 11 is 0. The molecule has 1 saturated carbocycles. The summed E-state index contributed by atoms with van der Waals surface area (Å²) in [6.07, 6.45) is 9.56. The van der Waals surface area contributed by atoms with E-state index >= 15 is 0 Å². The fraction of sp³-hybridized carbons (Fsp3) is 0.650. The Morgan fingerprint density at radius 3 is 2.71 bits per heavy atom. The van der Waals surface area contributed by atoms with Gasteiger partial charge in [0.1, 0.15) is 0 Å². The summed E-state index contributed by atoms with van der Waals surface area (Å²) in [7, 11) is 2.22. The lowest BCUT2D eigenvalue weighted by atomic mass is 9.94. The molecule has 1 atom stereocenters. The highest BCUT2D eigenvalue weighted by Crippen LogP contribution is 2.25. The van der Waals surface area contributed by atoms with Crippen molar-refractivity contribution in [3.63, 3.8) is 0 Å². The molecule has 1 aliphatic carbocycles. The number of para-hydroxylation sites is 1. The third-order valence-corrected chi connectivity index (χ3v) is 5.50. The van der Waals surface area contributed by atoms with Crippen molar-refractivity contribution in [2.75, 3.05) is 18.9 Å². The smallest absolute Gasteiger partial charge is 0.225 e. The predicted octanol–water partition coefficient (Wildman–Crippen LogP) is 3.53. The monoisotopic (exact) mass is 329 g/mol. The number of carbonyl (C=O) groups is 1. The number of rotatable bonds is 6. The summed E-state index contributed by atoms with van der Waals surface area (Å²) in [5.41, 5.74) is 2.20. The SMILES string of the molecule is CN(Cc1ccccc1NC(=O)CC1CCCN1)C1CCCCC1. The van der Waals surface area contributed by atoms with Gasteiger partial charge in [0.25, 0.3) is 0 Å². The highest BCUT2D eigenvalue weighted by Gasteiger charge is 2.20. The van der Waals surface area contributed by atoms with E-state index in [1.807, 2.05) is 12.1 Å². The van der Waals surface area contributed by atoms with Crippen LogP contribution in [0.3, 0.4) is 0 Å². The number of amides is 1. The third kappa shape index (κ3) is 4.81. The van der Waals surface area contributed by atoms with Gasteiger partial charge >= 0.3 is 0 Å². The van der Waals surface area contributed by atoms with Gasteiger partial charge in [-0.25, -0.2) is 0 Å². The summed E-state index contributed by atoms with van der Waals surface area (Å²) in [6.45, 7) is 1.95. The molecule has 0 radical (unpaired) electrons. The summed E-state index contributed by atoms with van der Waals surface area (Å²) < 4.78 is 0. The molecule has 4 nitrogen and oxygen atoms in total. The van der Waals surface area contributed by atoms with Crippen LogP contribution in [-0.2, 0) is 11.3 Å². The van der Waals surface area contributed by atoms with Crippen molar-refractivity contribution in [1.82, 2.24) is 10.2 Å². The molecule has 0 spiro atoms. The van der Waals surface area contributed by atoms with E-state index in [-0.39, 0.29) is 5.91 Å². The molecule has 2 fully saturated rings. The van der Waals surface area contributed by atoms with Gasteiger partial charge in [-0.2, -0.15) is 0 Å². The molecule has 1 aromatic carbocycles. The minimum Gasteiger partial charge on any atom is -0.326 e. The second-order valence-electron chi connectivity index (χ2n) is 7.41. The largest absolute Gasteiger partial charge is 0.326 e. The van der Waals surface area contributed by atoms with Gasteiger partial charge in [0, 0.05) is 30.7 Å². The van der Waals surface area contributed by atoms with Crippen LogP contribution in [0.15, 0.2) is 24.3 Å². The number of nitrogens with zero attached hydrogens (tertiary/aromatic N) is 1. The van der Waals surface area contributed by atoms with Crippen LogP contribution in [0.5, 0.6) is 0 Å². The highest BCUT2D eigenvalue weighted by atomic mass is 16.1. The van der Waals surface area contributed by atoms with Gasteiger partial charge in [-0.15, -0.1) is 0 Å². The lowest BCUT2D eigenvalue weighted by molar-refractivity contribution is -0.116. The molecule has 1 heterocycles. The fourth-order valence-electron chi connectivity index (χ4n) is 4.06. The molecule has 1 saturated heterocycles. The number of hydrogen-bond acceptors (Lipinski definition) is 3. The van der Waals surface area contributed by atoms with Crippen molar-refractivity contribution in [3.05, 3.63) is 29.8 Å². The van der Waals surface area contributed by atoms with Crippen molar-refractivity contribution in [2.45, 2.75) is 70.0 Å². The minimum absolute atomic E-state index is 0.127. The van der Waals surface area contributed by atoms with E-state index in [1.54, 1.807) is 0 Å². The number of hydrogen-bond donors (Lipinski definition) is 2. The van der Waals surface area contributed by atoms with Gasteiger partial charge in [0.2, 0.25) is 5.91 Å². The first-order chi connectivity index (χ1) is 11.7. The van der Waals surface area contributed by atoms with E-state index in [1.165, 1.54) is 44.1 Å². The van der Waals surface area contributed by atoms with Crippen LogP contribution in [0.4, 0.5) is 5.69 Å². The van der Waals surface area contributed by atoms with Crippen molar-refractivity contribution >= 4 is 11.6 Å². The third-order valence-electron chi connectivity index (χ3n) is 5.50. The molecule has 1 amide bonds. The molecule has 1 aliphatic heterocycles. The normalized spacial score (nSPS) is 22.0. The van der Waals surface area contributed by atoms with Gasteiger partial charge < -0.3 is 10.6 Å². The van der Waals surface area contributed by atoms with Crippen molar-refractivity contribution in [3.8, 4) is 0 Å².